The van der Waals surface area contributed by atoms with Crippen LogP contribution in [-0.4, -0.2) is 14.5 Å². The summed E-state index contributed by atoms with van der Waals surface area (Å²) in [6.45, 7) is 5.15. The van der Waals surface area contributed by atoms with E-state index in [9.17, 15) is 0 Å². The van der Waals surface area contributed by atoms with Crippen molar-refractivity contribution >= 4 is 5.82 Å². The topological polar surface area (TPSA) is 56.7 Å². The number of aromatic nitrogens is 3. The molecule has 0 aliphatic carbocycles. The van der Waals surface area contributed by atoms with Crippen molar-refractivity contribution in [3.8, 4) is 0 Å². The summed E-state index contributed by atoms with van der Waals surface area (Å²) in [6, 6.07) is 2.08. The molecule has 0 atom stereocenters. The molecule has 2 heterocycles. The lowest BCUT2D eigenvalue weighted by Gasteiger charge is -2.07. The Balaban J connectivity index is 2.19. The van der Waals surface area contributed by atoms with Crippen LogP contribution in [0, 0.1) is 6.92 Å². The van der Waals surface area contributed by atoms with Gasteiger partial charge in [0.05, 0.1) is 0 Å². The van der Waals surface area contributed by atoms with Crippen LogP contribution in [0.3, 0.4) is 0 Å². The molecule has 0 aliphatic heterocycles. The lowest BCUT2D eigenvalue weighted by Crippen LogP contribution is -2.04. The second-order valence-corrected chi connectivity index (χ2v) is 4.26. The molecule has 0 amide bonds. The molecular weight excluding hydrogens is 212 g/mol. The molecule has 0 aromatic carbocycles. The van der Waals surface area contributed by atoms with Crippen LogP contribution in [0.5, 0.6) is 0 Å². The fourth-order valence-corrected chi connectivity index (χ4v) is 1.87. The number of hydrogen-bond acceptors (Lipinski definition) is 3. The molecule has 2 N–H and O–H groups in total. The van der Waals surface area contributed by atoms with Crippen LogP contribution in [0.4, 0.5) is 5.82 Å². The summed E-state index contributed by atoms with van der Waals surface area (Å²) < 4.78 is 2.19. The average Bonchev–Trinajstić information content (AvgIpc) is 2.72. The minimum atomic E-state index is 0.602. The van der Waals surface area contributed by atoms with Gasteiger partial charge in [-0.2, -0.15) is 0 Å². The monoisotopic (exact) mass is 230 g/mol. The van der Waals surface area contributed by atoms with Crippen LogP contribution in [0.1, 0.15) is 30.3 Å². The average molecular weight is 230 g/mol. The maximum absolute atomic E-state index is 5.71. The number of nitrogen functional groups attached to an aromatic ring is 1. The number of aryl methyl sites for hydroxylation is 2. The minimum Gasteiger partial charge on any atom is -0.383 e. The molecule has 0 bridgehead atoms. The van der Waals surface area contributed by atoms with Gasteiger partial charge in [-0.25, -0.2) is 9.97 Å². The maximum atomic E-state index is 5.71. The van der Waals surface area contributed by atoms with Crippen LogP contribution in [0.15, 0.2) is 24.7 Å². The number of imidazole rings is 1. The first kappa shape index (κ1) is 11.6. The van der Waals surface area contributed by atoms with E-state index in [1.165, 1.54) is 0 Å². The summed E-state index contributed by atoms with van der Waals surface area (Å²) >= 11 is 0. The highest BCUT2D eigenvalue weighted by Gasteiger charge is 2.05. The molecule has 4 heteroatoms. The fraction of sp³-hybridized carbons (Fsp3) is 0.385. The second kappa shape index (κ2) is 4.99. The molecule has 4 nitrogen and oxygen atoms in total. The normalized spacial score (nSPS) is 10.7. The first-order valence-electron chi connectivity index (χ1n) is 5.91. The zero-order chi connectivity index (χ0) is 12.3. The van der Waals surface area contributed by atoms with Crippen molar-refractivity contribution in [3.63, 3.8) is 0 Å². The van der Waals surface area contributed by atoms with E-state index in [-0.39, 0.29) is 0 Å². The van der Waals surface area contributed by atoms with Gasteiger partial charge in [0, 0.05) is 31.6 Å². The van der Waals surface area contributed by atoms with Crippen LogP contribution in [-0.2, 0) is 13.0 Å². The third-order valence-electron chi connectivity index (χ3n) is 2.80. The SMILES string of the molecule is CCCn1ccnc1Cc1cnc(N)c(C)c1. The van der Waals surface area contributed by atoms with E-state index in [1.807, 2.05) is 25.5 Å². The van der Waals surface area contributed by atoms with Crippen LogP contribution < -0.4 is 5.73 Å². The van der Waals surface area contributed by atoms with Crippen molar-refractivity contribution in [2.45, 2.75) is 33.2 Å². The summed E-state index contributed by atoms with van der Waals surface area (Å²) in [5.41, 5.74) is 7.88. The quantitative estimate of drug-likeness (QED) is 0.875. The van der Waals surface area contributed by atoms with Crippen molar-refractivity contribution in [2.75, 3.05) is 5.73 Å². The Morgan fingerprint density at radius 2 is 2.18 bits per heavy atom. The van der Waals surface area contributed by atoms with Gasteiger partial charge in [0.1, 0.15) is 11.6 Å². The molecule has 2 aromatic heterocycles. The van der Waals surface area contributed by atoms with Gasteiger partial charge < -0.3 is 10.3 Å². The first-order chi connectivity index (χ1) is 8.20. The van der Waals surface area contributed by atoms with Gasteiger partial charge in [-0.15, -0.1) is 0 Å². The lowest BCUT2D eigenvalue weighted by molar-refractivity contribution is 0.646. The van der Waals surface area contributed by atoms with Crippen molar-refractivity contribution < 1.29 is 0 Å². The number of rotatable bonds is 4. The van der Waals surface area contributed by atoms with Crippen LogP contribution in [0.2, 0.25) is 0 Å². The second-order valence-electron chi connectivity index (χ2n) is 4.26. The third-order valence-corrected chi connectivity index (χ3v) is 2.80. The number of anilines is 1. The van der Waals surface area contributed by atoms with Gasteiger partial charge in [-0.05, 0) is 24.5 Å². The summed E-state index contributed by atoms with van der Waals surface area (Å²) in [4.78, 5) is 8.56. The molecule has 0 fully saturated rings. The Kier molecular flexibility index (Phi) is 3.42. The van der Waals surface area contributed by atoms with E-state index < -0.39 is 0 Å². The lowest BCUT2D eigenvalue weighted by atomic mass is 10.1. The predicted molar refractivity (Wildman–Crippen MR) is 68.7 cm³/mol. The third kappa shape index (κ3) is 2.64. The molecular formula is C13H18N4. The zero-order valence-electron chi connectivity index (χ0n) is 10.3. The maximum Gasteiger partial charge on any atom is 0.126 e. The summed E-state index contributed by atoms with van der Waals surface area (Å²) in [5, 5.41) is 0. The number of nitrogens with zero attached hydrogens (tertiary/aromatic N) is 3. The minimum absolute atomic E-state index is 0.602. The Bertz CT molecular complexity index is 502. The summed E-state index contributed by atoms with van der Waals surface area (Å²) in [7, 11) is 0. The predicted octanol–water partition coefficient (Wildman–Crippen LogP) is 2.17. The highest BCUT2D eigenvalue weighted by atomic mass is 15.1. The smallest absolute Gasteiger partial charge is 0.126 e. The molecule has 0 unspecified atom stereocenters. The van der Waals surface area contributed by atoms with Gasteiger partial charge in [0.15, 0.2) is 0 Å². The highest BCUT2D eigenvalue weighted by molar-refractivity contribution is 5.40. The van der Waals surface area contributed by atoms with Crippen molar-refractivity contribution in [1.82, 2.24) is 14.5 Å². The highest BCUT2D eigenvalue weighted by Crippen LogP contribution is 2.13. The van der Waals surface area contributed by atoms with Gasteiger partial charge >= 0.3 is 0 Å². The fourth-order valence-electron chi connectivity index (χ4n) is 1.87. The standard InChI is InChI=1S/C13H18N4/c1-3-5-17-6-4-15-12(17)8-11-7-10(2)13(14)16-9-11/h4,6-7,9H,3,5,8H2,1-2H3,(H2,14,16). The summed E-state index contributed by atoms with van der Waals surface area (Å²) in [5.74, 6) is 1.68. The van der Waals surface area contributed by atoms with Gasteiger partial charge in [-0.1, -0.05) is 13.0 Å². The zero-order valence-corrected chi connectivity index (χ0v) is 10.3. The number of nitrogens with two attached hydrogens (primary N) is 1. The Morgan fingerprint density at radius 3 is 2.88 bits per heavy atom. The van der Waals surface area contributed by atoms with E-state index in [4.69, 9.17) is 5.73 Å². The molecule has 2 rings (SSSR count). The van der Waals surface area contributed by atoms with E-state index in [0.717, 1.165) is 36.3 Å². The van der Waals surface area contributed by atoms with E-state index >= 15 is 0 Å². The van der Waals surface area contributed by atoms with Crippen molar-refractivity contribution in [1.29, 1.82) is 0 Å². The van der Waals surface area contributed by atoms with E-state index in [2.05, 4.69) is 27.5 Å². The molecule has 0 spiro atoms. The molecule has 0 aliphatic rings. The van der Waals surface area contributed by atoms with E-state index in [0.29, 0.717) is 5.82 Å². The molecule has 0 radical (unpaired) electrons. The molecule has 0 saturated carbocycles. The number of pyridine rings is 1. The van der Waals surface area contributed by atoms with Crippen LogP contribution >= 0.6 is 0 Å². The number of hydrogen-bond donors (Lipinski definition) is 1. The molecule has 90 valence electrons. The Morgan fingerprint density at radius 1 is 1.35 bits per heavy atom. The first-order valence-corrected chi connectivity index (χ1v) is 5.91. The van der Waals surface area contributed by atoms with Gasteiger partial charge in [0.25, 0.3) is 0 Å². The molecule has 2 aromatic rings. The molecule has 17 heavy (non-hydrogen) atoms. The molecule has 0 saturated heterocycles. The van der Waals surface area contributed by atoms with Gasteiger partial charge in [-0.3, -0.25) is 0 Å². The Labute approximate surface area is 102 Å². The van der Waals surface area contributed by atoms with Gasteiger partial charge in [0.2, 0.25) is 0 Å². The Hall–Kier alpha value is -1.84. The largest absolute Gasteiger partial charge is 0.383 e. The van der Waals surface area contributed by atoms with Crippen molar-refractivity contribution in [2.24, 2.45) is 0 Å². The van der Waals surface area contributed by atoms with Crippen molar-refractivity contribution in [3.05, 3.63) is 41.6 Å². The summed E-state index contributed by atoms with van der Waals surface area (Å²) in [6.07, 6.45) is 7.62. The van der Waals surface area contributed by atoms with Crippen LogP contribution in [0.25, 0.3) is 0 Å². The van der Waals surface area contributed by atoms with E-state index in [1.54, 1.807) is 0 Å².